The molecular formula is C29H21N7O3. The highest BCUT2D eigenvalue weighted by molar-refractivity contribution is 5.96. The summed E-state index contributed by atoms with van der Waals surface area (Å²) in [6.07, 6.45) is 3.56. The lowest BCUT2D eigenvalue weighted by molar-refractivity contribution is 0.0936. The number of aromatic nitrogens is 4. The van der Waals surface area contributed by atoms with E-state index in [2.05, 4.69) is 21.4 Å². The van der Waals surface area contributed by atoms with E-state index in [0.29, 0.717) is 46.6 Å². The van der Waals surface area contributed by atoms with Crippen LogP contribution in [0.3, 0.4) is 0 Å². The van der Waals surface area contributed by atoms with Crippen LogP contribution >= 0.6 is 0 Å². The first kappa shape index (κ1) is 23.8. The maximum atomic E-state index is 12.9. The zero-order chi connectivity index (χ0) is 27.1. The highest BCUT2D eigenvalue weighted by Crippen LogP contribution is 2.36. The van der Waals surface area contributed by atoms with Crippen LogP contribution in [0, 0.1) is 11.3 Å². The number of carbonyl (C=O) groups is 2. The number of aryl methyl sites for hydroxylation is 1. The molecular weight excluding hydrogens is 494 g/mol. The van der Waals surface area contributed by atoms with Gasteiger partial charge in [0.25, 0.3) is 5.91 Å². The molecule has 0 bridgehead atoms. The molecule has 3 heterocycles. The fraction of sp³-hybridized carbons (Fsp3) is 0.103. The van der Waals surface area contributed by atoms with Gasteiger partial charge in [-0.05, 0) is 78.6 Å². The summed E-state index contributed by atoms with van der Waals surface area (Å²) in [4.78, 5) is 37.6. The number of phenols is 1. The van der Waals surface area contributed by atoms with Gasteiger partial charge in [0, 0.05) is 17.4 Å². The summed E-state index contributed by atoms with van der Waals surface area (Å²) in [6, 6.07) is 19.0. The summed E-state index contributed by atoms with van der Waals surface area (Å²) < 4.78 is 1.87. The average molecular weight is 516 g/mol. The Morgan fingerprint density at radius 1 is 1.15 bits per heavy atom. The Balaban J connectivity index is 1.39. The molecule has 1 atom stereocenters. The third-order valence-electron chi connectivity index (χ3n) is 6.88. The van der Waals surface area contributed by atoms with Crippen LogP contribution in [0.4, 0.5) is 5.82 Å². The number of amides is 1. The number of phenolic OH excluding ortho intramolecular Hbond substituents is 1. The molecule has 6 rings (SSSR count). The van der Waals surface area contributed by atoms with E-state index in [1.807, 2.05) is 28.8 Å². The lowest BCUT2D eigenvalue weighted by atomic mass is 10.1. The first-order valence-corrected chi connectivity index (χ1v) is 12.2. The van der Waals surface area contributed by atoms with E-state index in [1.54, 1.807) is 24.4 Å². The molecule has 10 nitrogen and oxygen atoms in total. The van der Waals surface area contributed by atoms with Crippen molar-refractivity contribution >= 4 is 29.2 Å². The number of hydrogen-bond acceptors (Lipinski definition) is 8. The van der Waals surface area contributed by atoms with E-state index in [1.165, 1.54) is 18.2 Å². The summed E-state index contributed by atoms with van der Waals surface area (Å²) in [5.41, 5.74) is 11.4. The van der Waals surface area contributed by atoms with Gasteiger partial charge >= 0.3 is 0 Å². The van der Waals surface area contributed by atoms with Crippen LogP contribution in [0.25, 0.3) is 28.2 Å². The second kappa shape index (κ2) is 9.39. The Labute approximate surface area is 222 Å². The van der Waals surface area contributed by atoms with Crippen molar-refractivity contribution in [3.05, 3.63) is 94.8 Å². The van der Waals surface area contributed by atoms with Crippen LogP contribution in [-0.2, 0) is 6.42 Å². The second-order valence-corrected chi connectivity index (χ2v) is 9.20. The quantitative estimate of drug-likeness (QED) is 0.297. The molecule has 3 aromatic heterocycles. The molecule has 5 aromatic rings. The predicted molar refractivity (Wildman–Crippen MR) is 143 cm³/mol. The van der Waals surface area contributed by atoms with Crippen LogP contribution in [-0.4, -0.2) is 36.8 Å². The highest BCUT2D eigenvalue weighted by atomic mass is 16.3. The Bertz CT molecular complexity index is 1840. The van der Waals surface area contributed by atoms with Gasteiger partial charge in [-0.25, -0.2) is 15.0 Å². The fourth-order valence-corrected chi connectivity index (χ4v) is 4.98. The van der Waals surface area contributed by atoms with Crippen molar-refractivity contribution in [1.82, 2.24) is 24.8 Å². The molecule has 0 unspecified atom stereocenters. The third kappa shape index (κ3) is 4.12. The van der Waals surface area contributed by atoms with Gasteiger partial charge in [0.05, 0.1) is 17.2 Å². The molecule has 190 valence electrons. The van der Waals surface area contributed by atoms with Gasteiger partial charge in [0.15, 0.2) is 17.8 Å². The van der Waals surface area contributed by atoms with Crippen molar-refractivity contribution in [3.8, 4) is 28.9 Å². The number of nitrogens with two attached hydrogens (primary N) is 1. The molecule has 1 aliphatic carbocycles. The summed E-state index contributed by atoms with van der Waals surface area (Å²) in [7, 11) is 0. The average Bonchev–Trinajstić information content (AvgIpc) is 3.53. The van der Waals surface area contributed by atoms with Crippen LogP contribution in [0.2, 0.25) is 0 Å². The second-order valence-electron chi connectivity index (χ2n) is 9.20. The summed E-state index contributed by atoms with van der Waals surface area (Å²) in [6.45, 7) is 0. The number of nitrogens with one attached hydrogen (secondary N) is 1. The molecule has 1 amide bonds. The summed E-state index contributed by atoms with van der Waals surface area (Å²) >= 11 is 0. The predicted octanol–water partition coefficient (Wildman–Crippen LogP) is 3.87. The molecule has 0 fully saturated rings. The number of anilines is 1. The number of nitriles is 1. The smallest absolute Gasteiger partial charge is 0.251 e. The minimum Gasteiger partial charge on any atom is -0.507 e. The minimum atomic E-state index is -0.330. The maximum Gasteiger partial charge on any atom is 0.251 e. The number of aromatic hydroxyl groups is 1. The lowest BCUT2D eigenvalue weighted by Crippen LogP contribution is -2.27. The van der Waals surface area contributed by atoms with Gasteiger partial charge < -0.3 is 16.2 Å². The van der Waals surface area contributed by atoms with Crippen LogP contribution < -0.4 is 11.1 Å². The van der Waals surface area contributed by atoms with Crippen molar-refractivity contribution in [2.75, 3.05) is 5.73 Å². The van der Waals surface area contributed by atoms with Gasteiger partial charge in [0.2, 0.25) is 0 Å². The number of nitrogen functional groups attached to an aromatic ring is 1. The van der Waals surface area contributed by atoms with E-state index < -0.39 is 0 Å². The van der Waals surface area contributed by atoms with Crippen molar-refractivity contribution in [1.29, 1.82) is 5.26 Å². The van der Waals surface area contributed by atoms with E-state index >= 15 is 0 Å². The van der Waals surface area contributed by atoms with Crippen molar-refractivity contribution < 1.29 is 14.7 Å². The number of hydrogen-bond donors (Lipinski definition) is 3. The number of imidazole rings is 1. The van der Waals surface area contributed by atoms with E-state index in [0.717, 1.165) is 23.2 Å². The number of benzene rings is 2. The monoisotopic (exact) mass is 515 g/mol. The molecule has 0 saturated heterocycles. The Kier molecular flexibility index (Phi) is 5.73. The molecule has 2 aromatic carbocycles. The Morgan fingerprint density at radius 2 is 2.03 bits per heavy atom. The molecule has 39 heavy (non-hydrogen) atoms. The van der Waals surface area contributed by atoms with E-state index in [-0.39, 0.29) is 29.0 Å². The number of nitrogens with zero attached hydrogens (tertiary/aromatic N) is 5. The molecule has 10 heteroatoms. The zero-order valence-corrected chi connectivity index (χ0v) is 20.5. The molecule has 0 saturated carbocycles. The first-order valence-electron chi connectivity index (χ1n) is 12.2. The number of fused-ring (bicyclic) bond motifs is 2. The Morgan fingerprint density at radius 3 is 2.82 bits per heavy atom. The Hall–Kier alpha value is -5.56. The molecule has 4 N–H and O–H groups in total. The van der Waals surface area contributed by atoms with Crippen molar-refractivity contribution in [3.63, 3.8) is 0 Å². The molecule has 0 radical (unpaired) electrons. The maximum absolute atomic E-state index is 12.9. The van der Waals surface area contributed by atoms with E-state index in [4.69, 9.17) is 10.7 Å². The third-order valence-corrected chi connectivity index (χ3v) is 6.88. The normalized spacial score (nSPS) is 14.1. The summed E-state index contributed by atoms with van der Waals surface area (Å²) in [5, 5.41) is 22.2. The zero-order valence-electron chi connectivity index (χ0n) is 20.5. The SMILES string of the molecule is N#Cc1ccc2nc(-c3cccnc3N)n(-c3ccc4c(c3)CC[C@@H]4NC(=O)c3ccc(O)c(C=O)c3)c2n1. The van der Waals surface area contributed by atoms with E-state index in [9.17, 15) is 20.0 Å². The van der Waals surface area contributed by atoms with Crippen molar-refractivity contribution in [2.24, 2.45) is 0 Å². The summed E-state index contributed by atoms with van der Waals surface area (Å²) in [5.74, 6) is 0.379. The number of aldehydes is 1. The topological polar surface area (TPSA) is 160 Å². The highest BCUT2D eigenvalue weighted by Gasteiger charge is 2.26. The fourth-order valence-electron chi connectivity index (χ4n) is 4.98. The van der Waals surface area contributed by atoms with Crippen LogP contribution in [0.1, 0.15) is 50.0 Å². The van der Waals surface area contributed by atoms with Crippen LogP contribution in [0.15, 0.2) is 66.9 Å². The standard InChI is InChI=1S/C29H21N7O3/c30-14-19-5-9-24-28(33-19)36(27(34-24)22-2-1-11-32-26(22)31)20-6-7-21-16(13-20)3-8-23(21)35-29(39)17-4-10-25(38)18(12-17)15-37/h1-2,4-7,9-13,15,23,38H,3,8H2,(H2,31,32)(H,35,39)/t23-/m0/s1. The van der Waals surface area contributed by atoms with Gasteiger partial charge in [-0.15, -0.1) is 0 Å². The van der Waals surface area contributed by atoms with Gasteiger partial charge in [-0.2, -0.15) is 5.26 Å². The minimum absolute atomic E-state index is 0.0601. The van der Waals surface area contributed by atoms with Gasteiger partial charge in [-0.3, -0.25) is 14.2 Å². The number of rotatable bonds is 5. The molecule has 1 aliphatic rings. The van der Waals surface area contributed by atoms with Crippen LogP contribution in [0.5, 0.6) is 5.75 Å². The number of carbonyl (C=O) groups excluding carboxylic acids is 2. The lowest BCUT2D eigenvalue weighted by Gasteiger charge is -2.16. The van der Waals surface area contributed by atoms with Gasteiger partial charge in [-0.1, -0.05) is 6.07 Å². The number of pyridine rings is 2. The first-order chi connectivity index (χ1) is 19.0. The molecule has 0 aliphatic heterocycles. The van der Waals surface area contributed by atoms with Gasteiger partial charge in [0.1, 0.15) is 28.8 Å². The van der Waals surface area contributed by atoms with Crippen molar-refractivity contribution in [2.45, 2.75) is 18.9 Å². The molecule has 0 spiro atoms. The largest absolute Gasteiger partial charge is 0.507 e.